The Kier molecular flexibility index (Phi) is 4.11. The second-order valence-corrected chi connectivity index (χ2v) is 3.58. The van der Waals surface area contributed by atoms with Crippen LogP contribution in [-0.2, 0) is 0 Å². The second-order valence-electron chi connectivity index (χ2n) is 3.58. The van der Waals surface area contributed by atoms with Crippen molar-refractivity contribution in [2.75, 3.05) is 24.4 Å². The molecule has 10 heteroatoms. The summed E-state index contributed by atoms with van der Waals surface area (Å²) in [6.45, 7) is 0.856. The zero-order chi connectivity index (χ0) is 13.9. The monoisotopic (exact) mass is 266 g/mol. The van der Waals surface area contributed by atoms with Crippen LogP contribution in [0.1, 0.15) is 6.92 Å². The van der Waals surface area contributed by atoms with Gasteiger partial charge in [0, 0.05) is 14.1 Å². The molecule has 1 atom stereocenters. The molecular weight excluding hydrogens is 253 g/mol. The van der Waals surface area contributed by atoms with Crippen LogP contribution >= 0.6 is 0 Å². The number of hydrogen-bond acceptors (Lipinski definition) is 7. The highest BCUT2D eigenvalue weighted by Crippen LogP contribution is 2.24. The Hall–Kier alpha value is -1.84. The van der Waals surface area contributed by atoms with Gasteiger partial charge >= 0.3 is 12.2 Å². The highest BCUT2D eigenvalue weighted by molar-refractivity contribution is 5.36. The molecule has 0 saturated heterocycles. The van der Waals surface area contributed by atoms with Gasteiger partial charge in [-0.2, -0.15) is 28.1 Å². The number of anilines is 2. The third-order valence-corrected chi connectivity index (χ3v) is 1.88. The number of aromatic nitrogens is 3. The van der Waals surface area contributed by atoms with Crippen molar-refractivity contribution in [1.82, 2.24) is 15.0 Å². The van der Waals surface area contributed by atoms with E-state index in [1.54, 1.807) is 14.1 Å². The molecule has 0 spiro atoms. The fourth-order valence-electron chi connectivity index (χ4n) is 0.888. The van der Waals surface area contributed by atoms with E-state index >= 15 is 0 Å². The van der Waals surface area contributed by atoms with E-state index in [9.17, 15) is 13.2 Å². The molecule has 102 valence electrons. The van der Waals surface area contributed by atoms with Crippen molar-refractivity contribution in [3.63, 3.8) is 0 Å². The number of nitrogens with two attached hydrogens (primary N) is 1. The van der Waals surface area contributed by atoms with Gasteiger partial charge in [-0.1, -0.05) is 0 Å². The number of halogens is 3. The third kappa shape index (κ3) is 3.58. The zero-order valence-corrected chi connectivity index (χ0v) is 9.99. The number of ether oxygens (including phenoxy) is 1. The Morgan fingerprint density at radius 3 is 2.33 bits per heavy atom. The quantitative estimate of drug-likeness (QED) is 0.607. The van der Waals surface area contributed by atoms with Crippen molar-refractivity contribution in [2.24, 2.45) is 5.84 Å². The third-order valence-electron chi connectivity index (χ3n) is 1.88. The molecule has 7 nitrogen and oxygen atoms in total. The van der Waals surface area contributed by atoms with E-state index < -0.39 is 18.3 Å². The maximum absolute atomic E-state index is 12.3. The number of hydrazine groups is 1. The van der Waals surface area contributed by atoms with Gasteiger partial charge in [-0.05, 0) is 6.92 Å². The van der Waals surface area contributed by atoms with Crippen LogP contribution in [0.2, 0.25) is 0 Å². The van der Waals surface area contributed by atoms with Crippen LogP contribution in [0.4, 0.5) is 25.1 Å². The van der Waals surface area contributed by atoms with Gasteiger partial charge in [0.25, 0.3) is 0 Å². The first kappa shape index (κ1) is 14.2. The summed E-state index contributed by atoms with van der Waals surface area (Å²) in [4.78, 5) is 12.6. The van der Waals surface area contributed by atoms with Gasteiger partial charge in [0.2, 0.25) is 11.9 Å². The molecule has 1 heterocycles. The summed E-state index contributed by atoms with van der Waals surface area (Å²) >= 11 is 0. The van der Waals surface area contributed by atoms with Crippen LogP contribution in [0, 0.1) is 0 Å². The first-order valence-corrected chi connectivity index (χ1v) is 4.87. The number of nitrogens with zero attached hydrogens (tertiary/aromatic N) is 4. The normalized spacial score (nSPS) is 13.1. The molecule has 0 amide bonds. The molecule has 0 fully saturated rings. The van der Waals surface area contributed by atoms with Crippen LogP contribution < -0.4 is 20.9 Å². The van der Waals surface area contributed by atoms with Crippen molar-refractivity contribution < 1.29 is 17.9 Å². The van der Waals surface area contributed by atoms with E-state index in [0.717, 1.165) is 6.92 Å². The van der Waals surface area contributed by atoms with Gasteiger partial charge in [0.15, 0.2) is 6.10 Å². The maximum atomic E-state index is 12.3. The minimum Gasteiger partial charge on any atom is -0.451 e. The molecule has 0 aliphatic heterocycles. The smallest absolute Gasteiger partial charge is 0.425 e. The van der Waals surface area contributed by atoms with Gasteiger partial charge in [0.05, 0.1) is 0 Å². The molecule has 0 aliphatic rings. The molecule has 18 heavy (non-hydrogen) atoms. The van der Waals surface area contributed by atoms with Gasteiger partial charge in [-0.3, -0.25) is 5.43 Å². The highest BCUT2D eigenvalue weighted by atomic mass is 19.4. The highest BCUT2D eigenvalue weighted by Gasteiger charge is 2.38. The number of nitrogens with one attached hydrogen (secondary N) is 1. The molecule has 1 unspecified atom stereocenters. The second kappa shape index (κ2) is 5.21. The Bertz CT molecular complexity index is 410. The van der Waals surface area contributed by atoms with E-state index in [2.05, 4.69) is 25.1 Å². The fourth-order valence-corrected chi connectivity index (χ4v) is 0.888. The average molecular weight is 266 g/mol. The topological polar surface area (TPSA) is 89.2 Å². The summed E-state index contributed by atoms with van der Waals surface area (Å²) < 4.78 is 41.6. The first-order chi connectivity index (χ1) is 8.24. The Balaban J connectivity index is 2.98. The van der Waals surface area contributed by atoms with Crippen LogP contribution in [0.25, 0.3) is 0 Å². The van der Waals surface area contributed by atoms with Crippen molar-refractivity contribution >= 4 is 11.9 Å². The summed E-state index contributed by atoms with van der Waals surface area (Å²) in [5, 5.41) is 0. The van der Waals surface area contributed by atoms with E-state index in [1.807, 2.05) is 0 Å². The lowest BCUT2D eigenvalue weighted by Crippen LogP contribution is -2.32. The zero-order valence-electron chi connectivity index (χ0n) is 9.99. The lowest BCUT2D eigenvalue weighted by atomic mass is 10.4. The van der Waals surface area contributed by atoms with E-state index in [1.165, 1.54) is 4.90 Å². The van der Waals surface area contributed by atoms with Gasteiger partial charge in [0.1, 0.15) is 0 Å². The van der Waals surface area contributed by atoms with E-state index in [0.29, 0.717) is 0 Å². The average Bonchev–Trinajstić information content (AvgIpc) is 2.27. The number of hydrogen-bond donors (Lipinski definition) is 2. The minimum atomic E-state index is -4.50. The standard InChI is InChI=1S/C8H13F3N6O/c1-4(8(9,10)11)18-7-14-5(16-12)13-6(15-7)17(2)3/h4H,12H2,1-3H3,(H,13,14,15,16). The molecule has 0 saturated carbocycles. The predicted octanol–water partition coefficient (Wildman–Crippen LogP) is 0.553. The van der Waals surface area contributed by atoms with Gasteiger partial charge in [-0.25, -0.2) is 5.84 Å². The van der Waals surface area contributed by atoms with Crippen LogP contribution in [0.15, 0.2) is 0 Å². The van der Waals surface area contributed by atoms with Crippen molar-refractivity contribution in [1.29, 1.82) is 0 Å². The minimum absolute atomic E-state index is 0.0851. The van der Waals surface area contributed by atoms with Crippen LogP contribution in [-0.4, -0.2) is 41.3 Å². The Morgan fingerprint density at radius 1 is 1.28 bits per heavy atom. The van der Waals surface area contributed by atoms with Crippen LogP contribution in [0.5, 0.6) is 6.01 Å². The van der Waals surface area contributed by atoms with E-state index in [-0.39, 0.29) is 11.9 Å². The van der Waals surface area contributed by atoms with Crippen LogP contribution in [0.3, 0.4) is 0 Å². The SMILES string of the molecule is CC(Oc1nc(NN)nc(N(C)C)n1)C(F)(F)F. The number of nitrogen functional groups attached to an aromatic ring is 1. The molecular formula is C8H13F3N6O. The molecule has 1 aromatic heterocycles. The summed E-state index contributed by atoms with van der Waals surface area (Å²) in [5.41, 5.74) is 2.12. The summed E-state index contributed by atoms with van der Waals surface area (Å²) in [5.74, 6) is 5.15. The molecule has 0 aliphatic carbocycles. The fraction of sp³-hybridized carbons (Fsp3) is 0.625. The molecule has 1 rings (SSSR count). The number of alkyl halides is 3. The van der Waals surface area contributed by atoms with Gasteiger partial charge < -0.3 is 9.64 Å². The Labute approximate surface area is 101 Å². The molecule has 0 bridgehead atoms. The number of rotatable bonds is 4. The molecule has 0 radical (unpaired) electrons. The summed E-state index contributed by atoms with van der Waals surface area (Å²) in [7, 11) is 3.24. The van der Waals surface area contributed by atoms with Gasteiger partial charge in [-0.15, -0.1) is 0 Å². The lowest BCUT2D eigenvalue weighted by Gasteiger charge is -2.17. The van der Waals surface area contributed by atoms with Crippen molar-refractivity contribution in [2.45, 2.75) is 19.2 Å². The molecule has 3 N–H and O–H groups in total. The molecule has 1 aromatic rings. The van der Waals surface area contributed by atoms with E-state index in [4.69, 9.17) is 5.84 Å². The largest absolute Gasteiger partial charge is 0.451 e. The lowest BCUT2D eigenvalue weighted by molar-refractivity contribution is -0.190. The summed E-state index contributed by atoms with van der Waals surface area (Å²) in [6, 6.07) is -0.452. The predicted molar refractivity (Wildman–Crippen MR) is 58.1 cm³/mol. The molecule has 0 aromatic carbocycles. The Morgan fingerprint density at radius 2 is 1.89 bits per heavy atom. The maximum Gasteiger partial charge on any atom is 0.425 e. The first-order valence-electron chi connectivity index (χ1n) is 4.87. The van der Waals surface area contributed by atoms with Crippen molar-refractivity contribution in [3.05, 3.63) is 0 Å². The summed E-state index contributed by atoms with van der Waals surface area (Å²) in [6.07, 6.45) is -6.53. The van der Waals surface area contributed by atoms with Crippen molar-refractivity contribution in [3.8, 4) is 6.01 Å².